The molecule has 0 aromatic carbocycles. The van der Waals surface area contributed by atoms with E-state index < -0.39 is 0 Å². The van der Waals surface area contributed by atoms with Crippen LogP contribution in [0.4, 0.5) is 0 Å². The first-order valence-corrected chi connectivity index (χ1v) is 5.86. The summed E-state index contributed by atoms with van der Waals surface area (Å²) >= 11 is 11.9. The molecule has 6 heteroatoms. The SMILES string of the molecule is Clc1cnc(-c2ncc3c(n2)CNC3)c(Cl)c1. The molecule has 2 aromatic heterocycles. The van der Waals surface area contributed by atoms with Crippen molar-refractivity contribution in [2.75, 3.05) is 0 Å². The van der Waals surface area contributed by atoms with Crippen molar-refractivity contribution in [3.05, 3.63) is 39.8 Å². The third kappa shape index (κ3) is 1.99. The predicted octanol–water partition coefficient (Wildman–Crippen LogP) is 2.45. The van der Waals surface area contributed by atoms with Crippen LogP contribution in [0.3, 0.4) is 0 Å². The van der Waals surface area contributed by atoms with E-state index in [4.69, 9.17) is 23.2 Å². The summed E-state index contributed by atoms with van der Waals surface area (Å²) in [6, 6.07) is 1.64. The highest BCUT2D eigenvalue weighted by Gasteiger charge is 2.15. The van der Waals surface area contributed by atoms with E-state index in [-0.39, 0.29) is 0 Å². The summed E-state index contributed by atoms with van der Waals surface area (Å²) in [5, 5.41) is 4.18. The number of hydrogen-bond acceptors (Lipinski definition) is 4. The average Bonchev–Trinajstić information content (AvgIpc) is 2.75. The van der Waals surface area contributed by atoms with E-state index in [1.165, 1.54) is 6.20 Å². The number of pyridine rings is 1. The third-order valence-electron chi connectivity index (χ3n) is 2.58. The molecule has 3 rings (SSSR count). The number of fused-ring (bicyclic) bond motifs is 1. The molecule has 0 spiro atoms. The molecule has 0 aliphatic carbocycles. The Bertz CT molecular complexity index is 586. The largest absolute Gasteiger partial charge is 0.307 e. The lowest BCUT2D eigenvalue weighted by Crippen LogP contribution is -2.00. The molecule has 0 fully saturated rings. The molecule has 3 heterocycles. The van der Waals surface area contributed by atoms with Gasteiger partial charge in [-0.15, -0.1) is 0 Å². The smallest absolute Gasteiger partial charge is 0.179 e. The Labute approximate surface area is 108 Å². The molecule has 0 atom stereocenters. The molecule has 0 amide bonds. The van der Waals surface area contributed by atoms with Crippen LogP contribution in [0.15, 0.2) is 18.5 Å². The van der Waals surface area contributed by atoms with E-state index in [1.807, 2.05) is 6.20 Å². The van der Waals surface area contributed by atoms with Crippen molar-refractivity contribution in [1.82, 2.24) is 20.3 Å². The van der Waals surface area contributed by atoms with Gasteiger partial charge in [-0.2, -0.15) is 0 Å². The predicted molar refractivity (Wildman–Crippen MR) is 65.8 cm³/mol. The Morgan fingerprint density at radius 1 is 1.12 bits per heavy atom. The highest BCUT2D eigenvalue weighted by molar-refractivity contribution is 6.35. The maximum atomic E-state index is 6.07. The van der Waals surface area contributed by atoms with Gasteiger partial charge in [-0.1, -0.05) is 23.2 Å². The second kappa shape index (κ2) is 4.22. The Morgan fingerprint density at radius 3 is 2.82 bits per heavy atom. The zero-order valence-corrected chi connectivity index (χ0v) is 10.3. The highest BCUT2D eigenvalue weighted by atomic mass is 35.5. The van der Waals surface area contributed by atoms with Crippen LogP contribution >= 0.6 is 23.2 Å². The number of aromatic nitrogens is 3. The minimum Gasteiger partial charge on any atom is -0.307 e. The van der Waals surface area contributed by atoms with Gasteiger partial charge in [-0.25, -0.2) is 15.0 Å². The summed E-state index contributed by atoms with van der Waals surface area (Å²) in [4.78, 5) is 12.9. The lowest BCUT2D eigenvalue weighted by Gasteiger charge is -2.04. The molecule has 0 bridgehead atoms. The molecule has 0 saturated heterocycles. The van der Waals surface area contributed by atoms with Gasteiger partial charge in [-0.3, -0.25) is 0 Å². The van der Waals surface area contributed by atoms with Crippen LogP contribution in [0.2, 0.25) is 10.0 Å². The fourth-order valence-electron chi connectivity index (χ4n) is 1.75. The average molecular weight is 267 g/mol. The standard InChI is InChI=1S/C11H8Cl2N4/c12-7-1-8(13)10(15-4-7)11-16-3-6-2-14-5-9(6)17-11/h1,3-4,14H,2,5H2. The van der Waals surface area contributed by atoms with Crippen LogP contribution in [0, 0.1) is 0 Å². The Morgan fingerprint density at radius 2 is 2.00 bits per heavy atom. The fourth-order valence-corrected chi connectivity index (χ4v) is 2.22. The van der Waals surface area contributed by atoms with Crippen molar-refractivity contribution in [1.29, 1.82) is 0 Å². The van der Waals surface area contributed by atoms with Crippen molar-refractivity contribution in [2.24, 2.45) is 0 Å². The molecule has 0 saturated carbocycles. The summed E-state index contributed by atoms with van der Waals surface area (Å²) in [7, 11) is 0. The molecule has 86 valence electrons. The quantitative estimate of drug-likeness (QED) is 0.862. The van der Waals surface area contributed by atoms with Crippen molar-refractivity contribution in [2.45, 2.75) is 13.1 Å². The zero-order chi connectivity index (χ0) is 11.8. The van der Waals surface area contributed by atoms with E-state index in [1.54, 1.807) is 6.07 Å². The first-order valence-electron chi connectivity index (χ1n) is 5.11. The van der Waals surface area contributed by atoms with Crippen molar-refractivity contribution in [3.63, 3.8) is 0 Å². The second-order valence-corrected chi connectivity index (χ2v) is 4.60. The monoisotopic (exact) mass is 266 g/mol. The first-order chi connectivity index (χ1) is 8.24. The van der Waals surface area contributed by atoms with Crippen LogP contribution in [-0.4, -0.2) is 15.0 Å². The van der Waals surface area contributed by atoms with Crippen molar-refractivity contribution in [3.8, 4) is 11.5 Å². The number of nitrogens with zero attached hydrogens (tertiary/aromatic N) is 3. The van der Waals surface area contributed by atoms with Gasteiger partial charge in [0.15, 0.2) is 5.82 Å². The normalized spacial score (nSPS) is 13.8. The maximum Gasteiger partial charge on any atom is 0.179 e. The minimum absolute atomic E-state index is 0.461. The van der Waals surface area contributed by atoms with Gasteiger partial charge in [0.2, 0.25) is 0 Å². The lowest BCUT2D eigenvalue weighted by molar-refractivity contribution is 0.758. The highest BCUT2D eigenvalue weighted by Crippen LogP contribution is 2.26. The minimum atomic E-state index is 0.461. The first kappa shape index (κ1) is 10.9. The topological polar surface area (TPSA) is 50.7 Å². The summed E-state index contributed by atoms with van der Waals surface area (Å²) in [6.07, 6.45) is 3.35. The lowest BCUT2D eigenvalue weighted by atomic mass is 10.2. The molecule has 1 N–H and O–H groups in total. The van der Waals surface area contributed by atoms with Gasteiger partial charge in [-0.05, 0) is 6.07 Å². The van der Waals surface area contributed by atoms with Crippen LogP contribution in [0.1, 0.15) is 11.3 Å². The van der Waals surface area contributed by atoms with Gasteiger partial charge >= 0.3 is 0 Å². The Kier molecular flexibility index (Phi) is 2.70. The van der Waals surface area contributed by atoms with E-state index >= 15 is 0 Å². The van der Waals surface area contributed by atoms with E-state index in [0.717, 1.165) is 24.3 Å². The molecule has 1 aliphatic rings. The van der Waals surface area contributed by atoms with Crippen molar-refractivity contribution < 1.29 is 0 Å². The number of nitrogens with one attached hydrogen (secondary N) is 1. The fraction of sp³-hybridized carbons (Fsp3) is 0.182. The molecule has 17 heavy (non-hydrogen) atoms. The molecular formula is C11H8Cl2N4. The molecular weight excluding hydrogens is 259 g/mol. The van der Waals surface area contributed by atoms with Crippen LogP contribution in [0.5, 0.6) is 0 Å². The van der Waals surface area contributed by atoms with Gasteiger partial charge in [0.05, 0.1) is 15.7 Å². The second-order valence-electron chi connectivity index (χ2n) is 3.75. The molecule has 4 nitrogen and oxygen atoms in total. The van der Waals surface area contributed by atoms with E-state index in [2.05, 4.69) is 20.3 Å². The number of halogens is 2. The summed E-state index contributed by atoms with van der Waals surface area (Å²) in [6.45, 7) is 1.58. The van der Waals surface area contributed by atoms with Crippen molar-refractivity contribution >= 4 is 23.2 Å². The maximum absolute atomic E-state index is 6.07. The summed E-state index contributed by atoms with van der Waals surface area (Å²) in [5.74, 6) is 0.536. The van der Waals surface area contributed by atoms with Crippen LogP contribution in [0.25, 0.3) is 11.5 Å². The van der Waals surface area contributed by atoms with Crippen LogP contribution in [-0.2, 0) is 13.1 Å². The van der Waals surface area contributed by atoms with Gasteiger partial charge in [0, 0.05) is 31.0 Å². The molecule has 2 aromatic rings. The summed E-state index contributed by atoms with van der Waals surface area (Å²) < 4.78 is 0. The van der Waals surface area contributed by atoms with Crippen LogP contribution < -0.4 is 5.32 Å². The van der Waals surface area contributed by atoms with E-state index in [9.17, 15) is 0 Å². The van der Waals surface area contributed by atoms with Gasteiger partial charge in [0.25, 0.3) is 0 Å². The molecule has 0 radical (unpaired) electrons. The Balaban J connectivity index is 2.09. The van der Waals surface area contributed by atoms with Gasteiger partial charge < -0.3 is 5.32 Å². The molecule has 1 aliphatic heterocycles. The zero-order valence-electron chi connectivity index (χ0n) is 8.74. The summed E-state index contributed by atoms with van der Waals surface area (Å²) in [5.41, 5.74) is 2.69. The Hall–Kier alpha value is -1.23. The number of rotatable bonds is 1. The van der Waals surface area contributed by atoms with Gasteiger partial charge in [0.1, 0.15) is 5.69 Å². The third-order valence-corrected chi connectivity index (χ3v) is 3.08. The van der Waals surface area contributed by atoms with E-state index in [0.29, 0.717) is 21.6 Å². The molecule has 0 unspecified atom stereocenters. The number of hydrogen-bond donors (Lipinski definition) is 1.